The molecule has 0 aromatic heterocycles. The number of carbonyl (C=O) groups excluding carboxylic acids is 1. The normalized spacial score (nSPS) is 10.4. The van der Waals surface area contributed by atoms with Crippen LogP contribution >= 0.6 is 34.8 Å². The van der Waals surface area contributed by atoms with Crippen molar-refractivity contribution in [2.75, 3.05) is 11.9 Å². The van der Waals surface area contributed by atoms with Crippen LogP contribution in [0.1, 0.15) is 5.56 Å². The number of hydrogen-bond donors (Lipinski definition) is 2. The maximum absolute atomic E-state index is 11.8. The van der Waals surface area contributed by atoms with E-state index < -0.39 is 0 Å². The van der Waals surface area contributed by atoms with Gasteiger partial charge in [0.2, 0.25) is 0 Å². The summed E-state index contributed by atoms with van der Waals surface area (Å²) in [5.74, 6) is -0.0902. The molecule has 0 radical (unpaired) electrons. The molecule has 0 atom stereocenters. The average Bonchev–Trinajstić information content (AvgIpc) is 2.49. The minimum atomic E-state index is -0.364. The maximum atomic E-state index is 11.8. The minimum Gasteiger partial charge on any atom is -0.482 e. The molecule has 0 aliphatic carbocycles. The lowest BCUT2D eigenvalue weighted by Crippen LogP contribution is -2.20. The van der Waals surface area contributed by atoms with E-state index in [9.17, 15) is 4.79 Å². The Balaban J connectivity index is 1.97. The van der Waals surface area contributed by atoms with E-state index >= 15 is 0 Å². The van der Waals surface area contributed by atoms with Crippen LogP contribution in [0, 0.1) is 0 Å². The largest absolute Gasteiger partial charge is 0.482 e. The van der Waals surface area contributed by atoms with Gasteiger partial charge < -0.3 is 15.2 Å². The second-order valence-electron chi connectivity index (χ2n) is 4.39. The molecule has 2 N–H and O–H groups in total. The summed E-state index contributed by atoms with van der Waals surface area (Å²) in [7, 11) is 0. The molecule has 0 spiro atoms. The maximum Gasteiger partial charge on any atom is 0.262 e. The highest BCUT2D eigenvalue weighted by Crippen LogP contribution is 2.33. The Morgan fingerprint density at radius 3 is 2.55 bits per heavy atom. The van der Waals surface area contributed by atoms with Gasteiger partial charge in [0.1, 0.15) is 5.75 Å². The minimum absolute atomic E-state index is 0.0981. The summed E-state index contributed by atoms with van der Waals surface area (Å²) in [6.45, 7) is -0.333. The summed E-state index contributed by atoms with van der Waals surface area (Å²) in [5.41, 5.74) is 1.27. The van der Waals surface area contributed by atoms with Crippen molar-refractivity contribution in [1.82, 2.24) is 0 Å². The zero-order valence-corrected chi connectivity index (χ0v) is 13.5. The Kier molecular flexibility index (Phi) is 5.91. The lowest BCUT2D eigenvalue weighted by molar-refractivity contribution is -0.118. The number of halogens is 3. The molecular weight excluding hydrogens is 349 g/mol. The van der Waals surface area contributed by atoms with Crippen LogP contribution in [0.4, 0.5) is 5.69 Å². The third-order valence-electron chi connectivity index (χ3n) is 2.73. The summed E-state index contributed by atoms with van der Waals surface area (Å²) in [6.07, 6.45) is 0. The van der Waals surface area contributed by atoms with Crippen molar-refractivity contribution >= 4 is 46.4 Å². The summed E-state index contributed by atoms with van der Waals surface area (Å²) in [6, 6.07) is 9.77. The fraction of sp³-hybridized carbons (Fsp3) is 0.133. The summed E-state index contributed by atoms with van der Waals surface area (Å²) in [5, 5.41) is 12.6. The monoisotopic (exact) mass is 359 g/mol. The van der Waals surface area contributed by atoms with Gasteiger partial charge in [-0.2, -0.15) is 0 Å². The number of aliphatic hydroxyl groups is 1. The standard InChI is InChI=1S/C15H12Cl3NO3/c16-11-5-13(18)14(6-12(11)17)22-8-15(21)19-10-3-1-2-9(4-10)7-20/h1-6,20H,7-8H2,(H,19,21). The molecule has 0 fully saturated rings. The molecule has 0 saturated heterocycles. The molecule has 2 aromatic rings. The third kappa shape index (κ3) is 4.52. The molecule has 4 nitrogen and oxygen atoms in total. The molecule has 0 heterocycles. The zero-order valence-electron chi connectivity index (χ0n) is 11.3. The Bertz CT molecular complexity index is 692. The first-order valence-corrected chi connectivity index (χ1v) is 7.40. The van der Waals surface area contributed by atoms with Gasteiger partial charge in [-0.25, -0.2) is 0 Å². The van der Waals surface area contributed by atoms with Gasteiger partial charge in [0.15, 0.2) is 6.61 Å². The SMILES string of the molecule is O=C(COc1cc(Cl)c(Cl)cc1Cl)Nc1cccc(CO)c1. The second kappa shape index (κ2) is 7.70. The molecule has 116 valence electrons. The Labute approximate surface area is 142 Å². The van der Waals surface area contributed by atoms with Gasteiger partial charge in [-0.3, -0.25) is 4.79 Å². The molecule has 7 heteroatoms. The predicted molar refractivity (Wildman–Crippen MR) is 88.0 cm³/mol. The van der Waals surface area contributed by atoms with Crippen LogP contribution < -0.4 is 10.1 Å². The molecule has 22 heavy (non-hydrogen) atoms. The van der Waals surface area contributed by atoms with Crippen molar-refractivity contribution < 1.29 is 14.6 Å². The molecule has 0 aliphatic rings. The third-order valence-corrected chi connectivity index (χ3v) is 3.74. The van der Waals surface area contributed by atoms with Crippen LogP contribution in [-0.2, 0) is 11.4 Å². The molecule has 2 aromatic carbocycles. The van der Waals surface area contributed by atoms with E-state index in [1.807, 2.05) is 0 Å². The molecule has 0 bridgehead atoms. The number of ether oxygens (including phenoxy) is 1. The summed E-state index contributed by atoms with van der Waals surface area (Å²) < 4.78 is 5.33. The van der Waals surface area contributed by atoms with Gasteiger partial charge in [-0.05, 0) is 23.8 Å². The van der Waals surface area contributed by atoms with Crippen molar-refractivity contribution in [2.45, 2.75) is 6.61 Å². The second-order valence-corrected chi connectivity index (χ2v) is 5.61. The van der Waals surface area contributed by atoms with Gasteiger partial charge in [0.05, 0.1) is 21.7 Å². The molecule has 0 saturated carbocycles. The Morgan fingerprint density at radius 1 is 1.09 bits per heavy atom. The predicted octanol–water partition coefficient (Wildman–Crippen LogP) is 4.16. The molecule has 0 unspecified atom stereocenters. The van der Waals surface area contributed by atoms with Crippen LogP contribution in [0.3, 0.4) is 0 Å². The molecule has 1 amide bonds. The lowest BCUT2D eigenvalue weighted by Gasteiger charge is -2.10. The highest BCUT2D eigenvalue weighted by atomic mass is 35.5. The van der Waals surface area contributed by atoms with Crippen molar-refractivity contribution in [3.05, 3.63) is 57.0 Å². The fourth-order valence-electron chi connectivity index (χ4n) is 1.70. The first kappa shape index (κ1) is 16.9. The number of amides is 1. The highest BCUT2D eigenvalue weighted by Gasteiger charge is 2.10. The van der Waals surface area contributed by atoms with Crippen LogP contribution in [0.2, 0.25) is 15.1 Å². The van der Waals surface area contributed by atoms with Crippen LogP contribution in [0.15, 0.2) is 36.4 Å². The fourth-order valence-corrected chi connectivity index (χ4v) is 2.29. The molecular formula is C15H12Cl3NO3. The molecule has 2 rings (SSSR count). The summed E-state index contributed by atoms with van der Waals surface area (Å²) in [4.78, 5) is 11.8. The first-order chi connectivity index (χ1) is 10.5. The number of anilines is 1. The zero-order chi connectivity index (χ0) is 16.1. The van der Waals surface area contributed by atoms with Crippen molar-refractivity contribution in [1.29, 1.82) is 0 Å². The van der Waals surface area contributed by atoms with E-state index in [2.05, 4.69) is 5.32 Å². The van der Waals surface area contributed by atoms with Gasteiger partial charge in [0.25, 0.3) is 5.91 Å². The van der Waals surface area contributed by atoms with E-state index in [1.54, 1.807) is 24.3 Å². The number of hydrogen-bond acceptors (Lipinski definition) is 3. The lowest BCUT2D eigenvalue weighted by atomic mass is 10.2. The number of aliphatic hydroxyl groups excluding tert-OH is 1. The van der Waals surface area contributed by atoms with Crippen molar-refractivity contribution in [2.24, 2.45) is 0 Å². The van der Waals surface area contributed by atoms with E-state index in [0.717, 1.165) is 0 Å². The Morgan fingerprint density at radius 2 is 1.82 bits per heavy atom. The van der Waals surface area contributed by atoms with Gasteiger partial charge in [-0.15, -0.1) is 0 Å². The van der Waals surface area contributed by atoms with Gasteiger partial charge >= 0.3 is 0 Å². The number of rotatable bonds is 5. The van der Waals surface area contributed by atoms with Crippen LogP contribution in [0.5, 0.6) is 5.75 Å². The smallest absolute Gasteiger partial charge is 0.262 e. The topological polar surface area (TPSA) is 58.6 Å². The van der Waals surface area contributed by atoms with E-state index in [4.69, 9.17) is 44.6 Å². The number of carbonyl (C=O) groups is 1. The van der Waals surface area contributed by atoms with Crippen LogP contribution in [0.25, 0.3) is 0 Å². The van der Waals surface area contributed by atoms with Gasteiger partial charge in [-0.1, -0.05) is 46.9 Å². The van der Waals surface area contributed by atoms with Crippen molar-refractivity contribution in [3.63, 3.8) is 0 Å². The van der Waals surface area contributed by atoms with Crippen molar-refractivity contribution in [3.8, 4) is 5.75 Å². The average molecular weight is 361 g/mol. The summed E-state index contributed by atoms with van der Waals surface area (Å²) >= 11 is 17.6. The number of nitrogens with one attached hydrogen (secondary N) is 1. The van der Waals surface area contributed by atoms with Crippen LogP contribution in [-0.4, -0.2) is 17.6 Å². The van der Waals surface area contributed by atoms with E-state index in [-0.39, 0.29) is 34.9 Å². The number of benzene rings is 2. The molecule has 0 aliphatic heterocycles. The Hall–Kier alpha value is -1.46. The first-order valence-electron chi connectivity index (χ1n) is 6.26. The van der Waals surface area contributed by atoms with Gasteiger partial charge in [0, 0.05) is 11.8 Å². The quantitative estimate of drug-likeness (QED) is 0.787. The highest BCUT2D eigenvalue weighted by molar-refractivity contribution is 6.43. The van der Waals surface area contributed by atoms with E-state index in [1.165, 1.54) is 12.1 Å². The van der Waals surface area contributed by atoms with E-state index in [0.29, 0.717) is 16.3 Å².